The molecule has 0 saturated carbocycles. The topological polar surface area (TPSA) is 33.6 Å². The third-order valence-electron chi connectivity index (χ3n) is 12.6. The van der Waals surface area contributed by atoms with Crippen LogP contribution in [0.2, 0.25) is 0 Å². The number of fused-ring (bicyclic) bond motifs is 12. The molecule has 2 aromatic heterocycles. The third-order valence-corrected chi connectivity index (χ3v) is 12.6. The molecule has 0 atom stereocenters. The molecule has 0 N–H and O–H groups in total. The molecule has 0 fully saturated rings. The molecule has 286 valence electrons. The van der Waals surface area contributed by atoms with Crippen LogP contribution in [0, 0.1) is 23.0 Å². The summed E-state index contributed by atoms with van der Waals surface area (Å²) in [5, 5.41) is 15.8. The molecule has 8 aromatic rings. The fraction of sp³-hybridized carbons (Fsp3) is 0.288. The highest BCUT2D eigenvalue weighted by atomic mass is 19.1. The summed E-state index contributed by atoms with van der Waals surface area (Å²) in [5.41, 5.74) is 10.1. The first-order valence-electron chi connectivity index (χ1n) is 20.0. The standard InChI is InChI=1S/C52H49F2N3/c1-49(2,3)31-11-16-36-38-18-13-33-25-47(38)56(45(36)23-31)43-21-30(40-27-35(53)15-20-42(40)54)22-44(41(43)28-55)57-46-24-32(50(4,5)6)12-17-37(46)39-19-14-34(26-48(39)57)52(9,10)29-51(33,7)8/h11-27H,29H2,1-10H3. The second-order valence-electron chi connectivity index (χ2n) is 19.7. The maximum atomic E-state index is 16.1. The Labute approximate surface area is 334 Å². The first-order chi connectivity index (χ1) is 26.8. The smallest absolute Gasteiger partial charge is 0.131 e. The molecule has 0 aliphatic carbocycles. The van der Waals surface area contributed by atoms with Crippen molar-refractivity contribution in [1.29, 1.82) is 5.26 Å². The molecule has 3 heterocycles. The fourth-order valence-corrected chi connectivity index (χ4v) is 9.59. The number of benzene rings is 6. The molecule has 5 heteroatoms. The largest absolute Gasteiger partial charge is 0.308 e. The maximum Gasteiger partial charge on any atom is 0.131 e. The summed E-state index contributed by atoms with van der Waals surface area (Å²) in [4.78, 5) is 0. The van der Waals surface area contributed by atoms with Crippen molar-refractivity contribution >= 4 is 43.6 Å². The third kappa shape index (κ3) is 5.71. The van der Waals surface area contributed by atoms with Crippen molar-refractivity contribution < 1.29 is 8.78 Å². The molecule has 0 spiro atoms. The summed E-state index contributed by atoms with van der Waals surface area (Å²) in [6.45, 7) is 22.5. The number of halogens is 2. The lowest BCUT2D eigenvalue weighted by Gasteiger charge is -2.36. The van der Waals surface area contributed by atoms with E-state index in [-0.39, 0.29) is 27.2 Å². The van der Waals surface area contributed by atoms with Crippen molar-refractivity contribution in [3.63, 3.8) is 0 Å². The molecule has 1 aliphatic rings. The Hall–Kier alpha value is -5.73. The second-order valence-corrected chi connectivity index (χ2v) is 19.7. The Balaban J connectivity index is 1.56. The lowest BCUT2D eigenvalue weighted by atomic mass is 9.68. The first-order valence-corrected chi connectivity index (χ1v) is 20.0. The van der Waals surface area contributed by atoms with E-state index in [0.29, 0.717) is 22.5 Å². The molecule has 3 nitrogen and oxygen atoms in total. The number of rotatable bonds is 1. The zero-order chi connectivity index (χ0) is 40.6. The number of hydrogen-bond donors (Lipinski definition) is 0. The van der Waals surface area contributed by atoms with Crippen LogP contribution in [-0.2, 0) is 21.7 Å². The van der Waals surface area contributed by atoms with Gasteiger partial charge in [-0.2, -0.15) is 5.26 Å². The van der Waals surface area contributed by atoms with E-state index in [9.17, 15) is 5.26 Å². The van der Waals surface area contributed by atoms with Crippen LogP contribution >= 0.6 is 0 Å². The summed E-state index contributed by atoms with van der Waals surface area (Å²) >= 11 is 0. The number of aromatic nitrogens is 2. The monoisotopic (exact) mass is 753 g/mol. The minimum absolute atomic E-state index is 0.138. The Morgan fingerprint density at radius 1 is 0.544 bits per heavy atom. The van der Waals surface area contributed by atoms with Crippen molar-refractivity contribution in [3.05, 3.63) is 143 Å². The number of nitrogens with zero attached hydrogens (tertiary/aromatic N) is 3. The quantitative estimate of drug-likeness (QED) is 0.164. The number of nitriles is 1. The van der Waals surface area contributed by atoms with Crippen LogP contribution in [0.1, 0.15) is 103 Å². The van der Waals surface area contributed by atoms with E-state index in [2.05, 4.69) is 157 Å². The zero-order valence-electron chi connectivity index (χ0n) is 34.6. The minimum Gasteiger partial charge on any atom is -0.308 e. The summed E-state index contributed by atoms with van der Waals surface area (Å²) in [6.07, 6.45) is 0.886. The summed E-state index contributed by atoms with van der Waals surface area (Å²) < 4.78 is 35.6. The van der Waals surface area contributed by atoms with E-state index in [1.54, 1.807) is 0 Å². The van der Waals surface area contributed by atoms with Gasteiger partial charge in [0.25, 0.3) is 0 Å². The van der Waals surface area contributed by atoms with Crippen molar-refractivity contribution in [2.45, 2.75) is 97.3 Å². The van der Waals surface area contributed by atoms with E-state index in [4.69, 9.17) is 0 Å². The maximum absolute atomic E-state index is 16.1. The van der Waals surface area contributed by atoms with Crippen LogP contribution in [0.15, 0.2) is 103 Å². The molecule has 0 amide bonds. The zero-order valence-corrected chi connectivity index (χ0v) is 34.6. The van der Waals surface area contributed by atoms with Gasteiger partial charge in [0.2, 0.25) is 0 Å². The molecule has 9 rings (SSSR count). The fourth-order valence-electron chi connectivity index (χ4n) is 9.59. The molecule has 6 bridgehead atoms. The van der Waals surface area contributed by atoms with Crippen LogP contribution < -0.4 is 0 Å². The summed E-state index contributed by atoms with van der Waals surface area (Å²) in [7, 11) is 0. The van der Waals surface area contributed by atoms with Crippen LogP contribution in [0.4, 0.5) is 8.78 Å². The molecule has 57 heavy (non-hydrogen) atoms. The van der Waals surface area contributed by atoms with Crippen molar-refractivity contribution in [2.24, 2.45) is 0 Å². The van der Waals surface area contributed by atoms with Gasteiger partial charge < -0.3 is 9.13 Å². The van der Waals surface area contributed by atoms with Crippen LogP contribution in [0.3, 0.4) is 0 Å². The second kappa shape index (κ2) is 12.1. The molecule has 0 radical (unpaired) electrons. The van der Waals surface area contributed by atoms with Crippen LogP contribution in [0.25, 0.3) is 66.1 Å². The first kappa shape index (κ1) is 36.9. The van der Waals surface area contributed by atoms with Crippen molar-refractivity contribution in [2.75, 3.05) is 0 Å². The Kier molecular flexibility index (Phi) is 7.85. The Bertz CT molecular complexity index is 2870. The highest BCUT2D eigenvalue weighted by Crippen LogP contribution is 2.46. The van der Waals surface area contributed by atoms with Crippen molar-refractivity contribution in [1.82, 2.24) is 9.13 Å². The average Bonchev–Trinajstić information content (AvgIpc) is 3.65. The summed E-state index contributed by atoms with van der Waals surface area (Å²) in [6, 6.07) is 36.9. The molecule has 0 saturated heterocycles. The molecule has 1 aliphatic heterocycles. The van der Waals surface area contributed by atoms with Gasteiger partial charge in [-0.25, -0.2) is 8.78 Å². The van der Waals surface area contributed by atoms with E-state index in [1.807, 2.05) is 12.1 Å². The van der Waals surface area contributed by atoms with Gasteiger partial charge in [0.15, 0.2) is 0 Å². The predicted octanol–water partition coefficient (Wildman–Crippen LogP) is 14.3. The van der Waals surface area contributed by atoms with Crippen molar-refractivity contribution in [3.8, 4) is 28.6 Å². The highest BCUT2D eigenvalue weighted by Gasteiger charge is 2.34. The molecule has 0 unspecified atom stereocenters. The lowest BCUT2D eigenvalue weighted by Crippen LogP contribution is -2.30. The van der Waals surface area contributed by atoms with Gasteiger partial charge in [-0.05, 0) is 110 Å². The molecule has 6 aromatic carbocycles. The average molecular weight is 754 g/mol. The number of hydrogen-bond acceptors (Lipinski definition) is 1. The van der Waals surface area contributed by atoms with Crippen LogP contribution in [0.5, 0.6) is 0 Å². The summed E-state index contributed by atoms with van der Waals surface area (Å²) in [5.74, 6) is -1.06. The van der Waals surface area contributed by atoms with E-state index >= 15 is 8.78 Å². The molecular weight excluding hydrogens is 705 g/mol. The highest BCUT2D eigenvalue weighted by molar-refractivity contribution is 6.12. The van der Waals surface area contributed by atoms with Gasteiger partial charge in [0, 0.05) is 27.1 Å². The Morgan fingerprint density at radius 2 is 0.965 bits per heavy atom. The van der Waals surface area contributed by atoms with E-state index in [1.165, 1.54) is 23.3 Å². The minimum atomic E-state index is -0.532. The SMILES string of the molecule is CC(C)(C)c1ccc2c3ccc4cc3n(c2c1)-c1cc(-c2cc(F)ccc2F)cc(c1C#N)-n1c2cc(C(C)(C)C)ccc2c2ccc(cc21)C(C)(C)CC4(C)C. The Morgan fingerprint density at radius 3 is 1.39 bits per heavy atom. The van der Waals surface area contributed by atoms with Gasteiger partial charge in [-0.1, -0.05) is 118 Å². The van der Waals surface area contributed by atoms with E-state index < -0.39 is 11.6 Å². The van der Waals surface area contributed by atoms with Gasteiger partial charge in [0.1, 0.15) is 23.3 Å². The van der Waals surface area contributed by atoms with Crippen LogP contribution in [-0.4, -0.2) is 9.13 Å². The predicted molar refractivity (Wildman–Crippen MR) is 233 cm³/mol. The van der Waals surface area contributed by atoms with Gasteiger partial charge in [-0.3, -0.25) is 0 Å². The molecular formula is C52H49F2N3. The van der Waals surface area contributed by atoms with Gasteiger partial charge >= 0.3 is 0 Å². The lowest BCUT2D eigenvalue weighted by molar-refractivity contribution is 0.349. The van der Waals surface area contributed by atoms with E-state index in [0.717, 1.165) is 67.2 Å². The van der Waals surface area contributed by atoms with Gasteiger partial charge in [0.05, 0.1) is 33.4 Å². The van der Waals surface area contributed by atoms with Gasteiger partial charge in [-0.15, -0.1) is 0 Å². The normalized spacial score (nSPS) is 15.2.